The van der Waals surface area contributed by atoms with E-state index in [1.165, 1.54) is 22.3 Å². The molecule has 1 aromatic carbocycles. The standard InChI is InChI=1S/C16H16N4O5/c1-18-11-5-4-9(7-12(11)19(2)16(18)24)6-10-14(22)20(15(23)17-10)8-13(21)25-3/h4-7H,8H2,1-3H3,(H,17,23)/b10-6+. The highest BCUT2D eigenvalue weighted by Crippen LogP contribution is 2.18. The SMILES string of the molecule is COC(=O)CN1C(=O)N/C(=C/c2ccc3c(c2)n(C)c(=O)n3C)C1=O. The molecule has 1 fully saturated rings. The molecule has 1 saturated heterocycles. The fraction of sp³-hybridized carbons (Fsp3) is 0.250. The fourth-order valence-electron chi connectivity index (χ4n) is 2.69. The van der Waals surface area contributed by atoms with Crippen molar-refractivity contribution in [3.63, 3.8) is 0 Å². The lowest BCUT2D eigenvalue weighted by atomic mass is 10.1. The van der Waals surface area contributed by atoms with E-state index in [1.54, 1.807) is 32.3 Å². The molecule has 3 rings (SSSR count). The van der Waals surface area contributed by atoms with Gasteiger partial charge in [0, 0.05) is 14.1 Å². The second kappa shape index (κ2) is 5.93. The summed E-state index contributed by atoms with van der Waals surface area (Å²) in [6.07, 6.45) is 1.49. The molecular weight excluding hydrogens is 328 g/mol. The number of ether oxygens (including phenoxy) is 1. The first kappa shape index (κ1) is 16.5. The molecule has 0 spiro atoms. The molecule has 0 bridgehead atoms. The third kappa shape index (κ3) is 2.69. The van der Waals surface area contributed by atoms with Crippen LogP contribution in [0.4, 0.5) is 4.79 Å². The van der Waals surface area contributed by atoms with Crippen molar-refractivity contribution in [3.05, 3.63) is 39.9 Å². The lowest BCUT2D eigenvalue weighted by Crippen LogP contribution is -2.36. The number of urea groups is 1. The zero-order valence-electron chi connectivity index (χ0n) is 13.9. The molecule has 9 heteroatoms. The van der Waals surface area contributed by atoms with Crippen molar-refractivity contribution in [1.82, 2.24) is 19.4 Å². The van der Waals surface area contributed by atoms with E-state index >= 15 is 0 Å². The highest BCUT2D eigenvalue weighted by Gasteiger charge is 2.35. The zero-order chi connectivity index (χ0) is 18.3. The molecule has 0 saturated carbocycles. The zero-order valence-corrected chi connectivity index (χ0v) is 13.9. The maximum atomic E-state index is 12.3. The van der Waals surface area contributed by atoms with Gasteiger partial charge in [-0.15, -0.1) is 0 Å². The minimum absolute atomic E-state index is 0.0502. The number of rotatable bonds is 3. The van der Waals surface area contributed by atoms with E-state index in [0.29, 0.717) is 11.1 Å². The monoisotopic (exact) mass is 344 g/mol. The van der Waals surface area contributed by atoms with Gasteiger partial charge in [-0.05, 0) is 23.8 Å². The number of nitrogens with one attached hydrogen (secondary N) is 1. The summed E-state index contributed by atoms with van der Waals surface area (Å²) in [5.41, 5.74) is 1.98. The van der Waals surface area contributed by atoms with Gasteiger partial charge in [-0.2, -0.15) is 0 Å². The smallest absolute Gasteiger partial charge is 0.329 e. The number of fused-ring (bicyclic) bond motifs is 1. The number of methoxy groups -OCH3 is 1. The molecule has 130 valence electrons. The summed E-state index contributed by atoms with van der Waals surface area (Å²) in [6.45, 7) is -0.454. The van der Waals surface area contributed by atoms with Gasteiger partial charge in [-0.25, -0.2) is 14.5 Å². The Morgan fingerprint density at radius 2 is 1.84 bits per heavy atom. The van der Waals surface area contributed by atoms with Crippen LogP contribution in [-0.2, 0) is 28.4 Å². The van der Waals surface area contributed by atoms with Crippen LogP contribution in [0.3, 0.4) is 0 Å². The molecule has 1 aromatic heterocycles. The Labute approximate surface area is 142 Å². The summed E-state index contributed by atoms with van der Waals surface area (Å²) >= 11 is 0. The number of aryl methyl sites for hydroxylation is 2. The molecule has 25 heavy (non-hydrogen) atoms. The molecule has 2 aromatic rings. The number of benzene rings is 1. The van der Waals surface area contributed by atoms with E-state index in [1.807, 2.05) is 0 Å². The van der Waals surface area contributed by atoms with Gasteiger partial charge in [0.25, 0.3) is 5.91 Å². The fourth-order valence-corrected chi connectivity index (χ4v) is 2.69. The van der Waals surface area contributed by atoms with Crippen molar-refractivity contribution in [2.24, 2.45) is 14.1 Å². The molecular formula is C16H16N4O5. The molecule has 0 aliphatic carbocycles. The summed E-state index contributed by atoms with van der Waals surface area (Å²) in [4.78, 5) is 48.1. The van der Waals surface area contributed by atoms with Gasteiger partial charge in [-0.3, -0.25) is 18.7 Å². The van der Waals surface area contributed by atoms with Crippen LogP contribution < -0.4 is 11.0 Å². The van der Waals surface area contributed by atoms with Crippen LogP contribution in [0.15, 0.2) is 28.7 Å². The topological polar surface area (TPSA) is 103 Å². The van der Waals surface area contributed by atoms with Crippen LogP contribution in [0.2, 0.25) is 0 Å². The highest BCUT2D eigenvalue weighted by molar-refractivity contribution is 6.15. The van der Waals surface area contributed by atoms with E-state index < -0.39 is 24.5 Å². The quantitative estimate of drug-likeness (QED) is 0.477. The van der Waals surface area contributed by atoms with Gasteiger partial charge in [0.15, 0.2) is 0 Å². The molecule has 9 nitrogen and oxygen atoms in total. The number of imidazole rings is 1. The van der Waals surface area contributed by atoms with E-state index in [9.17, 15) is 19.2 Å². The van der Waals surface area contributed by atoms with E-state index in [0.717, 1.165) is 10.4 Å². The average molecular weight is 344 g/mol. The second-order valence-corrected chi connectivity index (χ2v) is 5.60. The molecule has 0 atom stereocenters. The number of hydrogen-bond donors (Lipinski definition) is 1. The van der Waals surface area contributed by atoms with Crippen molar-refractivity contribution in [3.8, 4) is 0 Å². The number of amides is 3. The maximum Gasteiger partial charge on any atom is 0.329 e. The van der Waals surface area contributed by atoms with Crippen molar-refractivity contribution in [1.29, 1.82) is 0 Å². The van der Waals surface area contributed by atoms with Crippen molar-refractivity contribution >= 4 is 35.0 Å². The minimum Gasteiger partial charge on any atom is -0.468 e. The molecule has 1 N–H and O–H groups in total. The molecule has 2 heterocycles. The molecule has 1 aliphatic heterocycles. The number of hydrogen-bond acceptors (Lipinski definition) is 5. The predicted octanol–water partition coefficient (Wildman–Crippen LogP) is -0.0573. The van der Waals surface area contributed by atoms with Crippen LogP contribution in [0.25, 0.3) is 17.1 Å². The third-order valence-electron chi connectivity index (χ3n) is 4.08. The van der Waals surface area contributed by atoms with Crippen LogP contribution in [0, 0.1) is 0 Å². The van der Waals surface area contributed by atoms with Crippen molar-refractivity contribution in [2.75, 3.05) is 13.7 Å². The highest BCUT2D eigenvalue weighted by atomic mass is 16.5. The number of nitrogens with zero attached hydrogens (tertiary/aromatic N) is 3. The van der Waals surface area contributed by atoms with E-state index in [-0.39, 0.29) is 11.4 Å². The normalized spacial score (nSPS) is 16.0. The summed E-state index contributed by atoms with van der Waals surface area (Å²) in [6, 6.07) is 4.55. The van der Waals surface area contributed by atoms with Crippen molar-refractivity contribution in [2.45, 2.75) is 0 Å². The minimum atomic E-state index is -0.689. The first-order valence-corrected chi connectivity index (χ1v) is 7.40. The second-order valence-electron chi connectivity index (χ2n) is 5.60. The number of esters is 1. The summed E-state index contributed by atoms with van der Waals surface area (Å²) in [7, 11) is 4.51. The Morgan fingerprint density at radius 3 is 2.52 bits per heavy atom. The third-order valence-corrected chi connectivity index (χ3v) is 4.08. The number of carbonyl (C=O) groups excluding carboxylic acids is 3. The average Bonchev–Trinajstić information content (AvgIpc) is 2.98. The first-order valence-electron chi connectivity index (χ1n) is 7.40. The van der Waals surface area contributed by atoms with Crippen LogP contribution in [-0.4, -0.2) is 45.6 Å². The first-order chi connectivity index (χ1) is 11.8. The lowest BCUT2D eigenvalue weighted by Gasteiger charge is -2.09. The largest absolute Gasteiger partial charge is 0.468 e. The van der Waals surface area contributed by atoms with Gasteiger partial charge in [0.1, 0.15) is 12.2 Å². The number of aromatic nitrogens is 2. The predicted molar refractivity (Wildman–Crippen MR) is 88.4 cm³/mol. The van der Waals surface area contributed by atoms with Crippen LogP contribution in [0.1, 0.15) is 5.56 Å². The lowest BCUT2D eigenvalue weighted by molar-refractivity contribution is -0.143. The van der Waals surface area contributed by atoms with E-state index in [2.05, 4.69) is 10.1 Å². The molecule has 3 amide bonds. The molecule has 0 radical (unpaired) electrons. The van der Waals surface area contributed by atoms with Crippen molar-refractivity contribution < 1.29 is 19.1 Å². The number of carbonyl (C=O) groups is 3. The Kier molecular flexibility index (Phi) is 3.91. The maximum absolute atomic E-state index is 12.3. The van der Waals surface area contributed by atoms with Gasteiger partial charge in [-0.1, -0.05) is 6.07 Å². The number of imide groups is 1. The molecule has 0 unspecified atom stereocenters. The molecule has 1 aliphatic rings. The summed E-state index contributed by atoms with van der Waals surface area (Å²) in [5.74, 6) is -1.30. The van der Waals surface area contributed by atoms with Crippen LogP contribution >= 0.6 is 0 Å². The summed E-state index contributed by atoms with van der Waals surface area (Å²) < 4.78 is 7.49. The van der Waals surface area contributed by atoms with E-state index in [4.69, 9.17) is 0 Å². The Balaban J connectivity index is 1.96. The van der Waals surface area contributed by atoms with Gasteiger partial charge in [0.05, 0.1) is 18.1 Å². The van der Waals surface area contributed by atoms with Gasteiger partial charge >= 0.3 is 17.7 Å². The van der Waals surface area contributed by atoms with Gasteiger partial charge < -0.3 is 10.1 Å². The van der Waals surface area contributed by atoms with Crippen LogP contribution in [0.5, 0.6) is 0 Å². The Morgan fingerprint density at radius 1 is 1.16 bits per heavy atom. The van der Waals surface area contributed by atoms with Gasteiger partial charge in [0.2, 0.25) is 0 Å². The summed E-state index contributed by atoms with van der Waals surface area (Å²) in [5, 5.41) is 2.43. The Bertz CT molecular complexity index is 998. The Hall–Kier alpha value is -3.36.